The van der Waals surface area contributed by atoms with E-state index in [1.54, 1.807) is 10.4 Å². The summed E-state index contributed by atoms with van der Waals surface area (Å²) in [7, 11) is -3.67. The number of sulfonamides is 1. The molecule has 2 aliphatic rings. The van der Waals surface area contributed by atoms with Gasteiger partial charge < -0.3 is 4.74 Å². The highest BCUT2D eigenvalue weighted by atomic mass is 32.2. The average Bonchev–Trinajstić information content (AvgIpc) is 3.15. The molecule has 1 saturated heterocycles. The second-order valence-corrected chi connectivity index (χ2v) is 10.9. The number of fused-ring (bicyclic) bond motifs is 1. The van der Waals surface area contributed by atoms with Crippen molar-refractivity contribution in [3.05, 3.63) is 59.2 Å². The molecule has 0 bridgehead atoms. The van der Waals surface area contributed by atoms with Crippen LogP contribution in [0.3, 0.4) is 0 Å². The first-order chi connectivity index (χ1) is 14.9. The highest BCUT2D eigenvalue weighted by molar-refractivity contribution is 7.92. The van der Waals surface area contributed by atoms with Crippen LogP contribution >= 0.6 is 0 Å². The number of rotatable bonds is 7. The molecule has 5 nitrogen and oxygen atoms in total. The van der Waals surface area contributed by atoms with E-state index in [0.717, 1.165) is 60.6 Å². The van der Waals surface area contributed by atoms with Gasteiger partial charge in [-0.1, -0.05) is 38.1 Å². The minimum Gasteiger partial charge on any atom is -0.381 e. The maximum Gasteiger partial charge on any atom is 0.264 e. The monoisotopic (exact) mass is 440 g/mol. The molecule has 2 aliphatic heterocycles. The second-order valence-electron chi connectivity index (χ2n) is 9.06. The number of ether oxygens (including phenoxy) is 1. The third-order valence-corrected chi connectivity index (χ3v) is 7.93. The molecule has 0 aromatic heterocycles. The van der Waals surface area contributed by atoms with Gasteiger partial charge >= 0.3 is 0 Å². The van der Waals surface area contributed by atoms with Gasteiger partial charge in [-0.3, -0.25) is 9.30 Å². The second kappa shape index (κ2) is 9.13. The van der Waals surface area contributed by atoms with Crippen LogP contribution in [0, 0.1) is 18.8 Å². The average molecular weight is 441 g/mol. The summed E-state index contributed by atoms with van der Waals surface area (Å²) in [5.41, 5.74) is 4.93. The van der Waals surface area contributed by atoms with Gasteiger partial charge in [0.15, 0.2) is 0 Å². The molecule has 1 fully saturated rings. The Morgan fingerprint density at radius 3 is 2.58 bits per heavy atom. The molecular weight excluding hydrogens is 408 g/mol. The van der Waals surface area contributed by atoms with Crippen LogP contribution in [0.2, 0.25) is 0 Å². The summed E-state index contributed by atoms with van der Waals surface area (Å²) in [6.45, 7) is 8.69. The van der Waals surface area contributed by atoms with Gasteiger partial charge in [0.1, 0.15) is 0 Å². The van der Waals surface area contributed by atoms with Gasteiger partial charge in [-0.25, -0.2) is 8.42 Å². The zero-order valence-electron chi connectivity index (χ0n) is 18.7. The van der Waals surface area contributed by atoms with Gasteiger partial charge in [-0.2, -0.15) is 0 Å². The van der Waals surface area contributed by atoms with E-state index in [2.05, 4.69) is 0 Å². The van der Waals surface area contributed by atoms with E-state index in [1.807, 2.05) is 57.2 Å². The van der Waals surface area contributed by atoms with Crippen molar-refractivity contribution in [3.63, 3.8) is 0 Å². The van der Waals surface area contributed by atoms with Crippen molar-refractivity contribution in [1.29, 1.82) is 0 Å². The molecule has 0 amide bonds. The largest absolute Gasteiger partial charge is 0.381 e. The number of benzene rings is 2. The van der Waals surface area contributed by atoms with Gasteiger partial charge in [0.2, 0.25) is 0 Å². The Morgan fingerprint density at radius 2 is 1.87 bits per heavy atom. The summed E-state index contributed by atoms with van der Waals surface area (Å²) in [5, 5.41) is 0. The zero-order chi connectivity index (χ0) is 22.0. The Balaban J connectivity index is 1.62. The van der Waals surface area contributed by atoms with Gasteiger partial charge in [-0.15, -0.1) is 0 Å². The number of hydrogen-bond acceptors (Lipinski definition) is 4. The first kappa shape index (κ1) is 22.0. The Morgan fingerprint density at radius 1 is 1.13 bits per heavy atom. The molecule has 2 aromatic carbocycles. The van der Waals surface area contributed by atoms with Crippen LogP contribution in [0.4, 0.5) is 5.69 Å². The summed E-state index contributed by atoms with van der Waals surface area (Å²) in [4.78, 5) is 5.10. The summed E-state index contributed by atoms with van der Waals surface area (Å²) >= 11 is 0. The van der Waals surface area contributed by atoms with Crippen molar-refractivity contribution < 1.29 is 13.2 Å². The molecule has 0 spiro atoms. The normalized spacial score (nSPS) is 17.0. The van der Waals surface area contributed by atoms with Gasteiger partial charge in [0, 0.05) is 31.0 Å². The molecule has 6 heteroatoms. The molecule has 0 radical (unpaired) electrons. The van der Waals surface area contributed by atoms with Crippen LogP contribution in [0.5, 0.6) is 0 Å². The highest BCUT2D eigenvalue weighted by Gasteiger charge is 2.29. The first-order valence-corrected chi connectivity index (χ1v) is 12.6. The Kier molecular flexibility index (Phi) is 6.49. The molecule has 31 heavy (non-hydrogen) atoms. The van der Waals surface area contributed by atoms with E-state index in [9.17, 15) is 8.42 Å². The quantitative estimate of drug-likeness (QED) is 0.611. The number of para-hydroxylation sites is 1. The lowest BCUT2D eigenvalue weighted by Gasteiger charge is -2.28. The first-order valence-electron chi connectivity index (χ1n) is 11.2. The highest BCUT2D eigenvalue weighted by Crippen LogP contribution is 2.32. The molecule has 2 aromatic rings. The SMILES string of the molecule is Cc1ccccc1N(CC(C)C)S(=O)(=O)c1ccc2c(c1)CN=C2CC1CCOCC1. The van der Waals surface area contributed by atoms with Crippen molar-refractivity contribution in [3.8, 4) is 0 Å². The third kappa shape index (κ3) is 4.70. The number of nitrogens with zero attached hydrogens (tertiary/aromatic N) is 2. The van der Waals surface area contributed by atoms with Gasteiger partial charge in [-0.05, 0) is 67.3 Å². The summed E-state index contributed by atoms with van der Waals surface area (Å²) in [6, 6.07) is 13.2. The lowest BCUT2D eigenvalue weighted by molar-refractivity contribution is 0.0685. The lowest BCUT2D eigenvalue weighted by Crippen LogP contribution is -2.34. The standard InChI is InChI=1S/C25H32N2O3S/c1-18(2)17-27(25-7-5-4-6-19(25)3)31(28,29)22-8-9-23-21(15-22)16-26-24(23)14-20-10-12-30-13-11-20/h4-9,15,18,20H,10-14,16-17H2,1-3H3. The third-order valence-electron chi connectivity index (χ3n) is 6.15. The molecule has 4 rings (SSSR count). The molecule has 166 valence electrons. The molecular formula is C25H32N2O3S. The molecule has 0 N–H and O–H groups in total. The van der Waals surface area contributed by atoms with Gasteiger partial charge in [0.05, 0.1) is 17.1 Å². The number of anilines is 1. The zero-order valence-corrected chi connectivity index (χ0v) is 19.5. The van der Waals surface area contributed by atoms with E-state index >= 15 is 0 Å². The Bertz CT molecular complexity index is 1070. The van der Waals surface area contributed by atoms with Crippen molar-refractivity contribution >= 4 is 21.4 Å². The van der Waals surface area contributed by atoms with E-state index in [0.29, 0.717) is 23.9 Å². The number of aliphatic imine (C=N–C) groups is 1. The van der Waals surface area contributed by atoms with Crippen molar-refractivity contribution in [2.24, 2.45) is 16.8 Å². The van der Waals surface area contributed by atoms with Crippen LogP contribution < -0.4 is 4.31 Å². The maximum absolute atomic E-state index is 13.7. The van der Waals surface area contributed by atoms with Crippen LogP contribution in [0.25, 0.3) is 0 Å². The molecule has 0 saturated carbocycles. The van der Waals surface area contributed by atoms with E-state index < -0.39 is 10.0 Å². The minimum absolute atomic E-state index is 0.207. The van der Waals surface area contributed by atoms with Crippen molar-refractivity contribution in [1.82, 2.24) is 0 Å². The van der Waals surface area contributed by atoms with Crippen LogP contribution in [0.1, 0.15) is 49.8 Å². The Labute approximate surface area is 186 Å². The smallest absolute Gasteiger partial charge is 0.264 e. The van der Waals surface area contributed by atoms with E-state index in [4.69, 9.17) is 9.73 Å². The molecule has 2 heterocycles. The minimum atomic E-state index is -3.67. The van der Waals surface area contributed by atoms with Crippen LogP contribution in [0.15, 0.2) is 52.4 Å². The molecule has 0 unspecified atom stereocenters. The predicted octanol–water partition coefficient (Wildman–Crippen LogP) is 4.97. The lowest BCUT2D eigenvalue weighted by atomic mass is 9.91. The van der Waals surface area contributed by atoms with Gasteiger partial charge in [0.25, 0.3) is 10.0 Å². The Hall–Kier alpha value is -2.18. The summed E-state index contributed by atoms with van der Waals surface area (Å²) in [5.74, 6) is 0.808. The number of aryl methyl sites for hydroxylation is 1. The summed E-state index contributed by atoms with van der Waals surface area (Å²) < 4.78 is 34.4. The summed E-state index contributed by atoms with van der Waals surface area (Å²) in [6.07, 6.45) is 3.09. The number of hydrogen-bond donors (Lipinski definition) is 0. The predicted molar refractivity (Wildman–Crippen MR) is 125 cm³/mol. The molecule has 0 atom stereocenters. The van der Waals surface area contributed by atoms with E-state index in [-0.39, 0.29) is 5.92 Å². The fourth-order valence-electron chi connectivity index (χ4n) is 4.44. The maximum atomic E-state index is 13.7. The fourth-order valence-corrected chi connectivity index (χ4v) is 6.18. The van der Waals surface area contributed by atoms with Crippen molar-refractivity contribution in [2.75, 3.05) is 24.1 Å². The fraction of sp³-hybridized carbons (Fsp3) is 0.480. The van der Waals surface area contributed by atoms with Crippen molar-refractivity contribution in [2.45, 2.75) is 51.5 Å². The van der Waals surface area contributed by atoms with E-state index in [1.165, 1.54) is 0 Å². The van der Waals surface area contributed by atoms with Crippen LogP contribution in [-0.2, 0) is 21.3 Å². The topological polar surface area (TPSA) is 59.0 Å². The van der Waals surface area contributed by atoms with Crippen LogP contribution in [-0.4, -0.2) is 33.9 Å². The molecule has 0 aliphatic carbocycles.